The van der Waals surface area contributed by atoms with E-state index >= 15 is 0 Å². The second kappa shape index (κ2) is 5.50. The Morgan fingerprint density at radius 1 is 1.25 bits per heavy atom. The normalized spacial score (nSPS) is 10.8. The van der Waals surface area contributed by atoms with Crippen LogP contribution in [0.3, 0.4) is 0 Å². The van der Waals surface area contributed by atoms with E-state index in [-0.39, 0.29) is 5.97 Å². The molecule has 0 aliphatic heterocycles. The highest BCUT2D eigenvalue weighted by Gasteiger charge is 2.01. The number of carbonyl (C=O) groups excluding carboxylic acids is 1. The Labute approximate surface area is 96.9 Å². The van der Waals surface area contributed by atoms with Gasteiger partial charge < -0.3 is 4.74 Å². The molecule has 0 spiro atoms. The fourth-order valence-corrected chi connectivity index (χ4v) is 1.80. The topological polar surface area (TPSA) is 26.3 Å². The summed E-state index contributed by atoms with van der Waals surface area (Å²) < 4.78 is 4.84. The predicted molar refractivity (Wildman–Crippen MR) is 66.3 cm³/mol. The molecule has 0 radical (unpaired) electrons. The van der Waals surface area contributed by atoms with Crippen LogP contribution in [0.4, 0.5) is 0 Å². The number of hydrogen-bond donors (Lipinski definition) is 0. The van der Waals surface area contributed by atoms with Crippen LogP contribution >= 0.6 is 0 Å². The van der Waals surface area contributed by atoms with Gasteiger partial charge in [-0.3, -0.25) is 0 Å². The maximum Gasteiger partial charge on any atom is 0.330 e. The van der Waals surface area contributed by atoms with Gasteiger partial charge in [-0.25, -0.2) is 4.79 Å². The van der Waals surface area contributed by atoms with Crippen molar-refractivity contribution in [1.29, 1.82) is 0 Å². The Balaban J connectivity index is 2.93. The van der Waals surface area contributed by atoms with E-state index in [1.807, 2.05) is 19.9 Å². The molecule has 0 aliphatic carbocycles. The van der Waals surface area contributed by atoms with Crippen molar-refractivity contribution in [2.75, 3.05) is 6.61 Å². The molecule has 0 aromatic heterocycles. The number of ether oxygens (including phenoxy) is 1. The van der Waals surface area contributed by atoms with E-state index < -0.39 is 0 Å². The molecule has 0 aliphatic rings. The highest BCUT2D eigenvalue weighted by molar-refractivity contribution is 5.87. The molecule has 0 fully saturated rings. The van der Waals surface area contributed by atoms with Crippen LogP contribution in [0.25, 0.3) is 6.08 Å². The van der Waals surface area contributed by atoms with Crippen LogP contribution in [0, 0.1) is 20.8 Å². The molecule has 86 valence electrons. The SMILES string of the molecule is CCOC(=O)/C=C\c1c(C)cc(C)cc1C. The van der Waals surface area contributed by atoms with E-state index in [9.17, 15) is 4.79 Å². The lowest BCUT2D eigenvalue weighted by Crippen LogP contribution is -1.99. The largest absolute Gasteiger partial charge is 0.463 e. The Bertz CT molecular complexity index is 394. The number of rotatable bonds is 3. The highest BCUT2D eigenvalue weighted by Crippen LogP contribution is 2.17. The van der Waals surface area contributed by atoms with E-state index in [0.717, 1.165) is 5.56 Å². The fourth-order valence-electron chi connectivity index (χ4n) is 1.80. The first-order valence-corrected chi connectivity index (χ1v) is 5.47. The third-order valence-corrected chi connectivity index (χ3v) is 2.41. The van der Waals surface area contributed by atoms with Crippen molar-refractivity contribution in [3.8, 4) is 0 Å². The first-order valence-electron chi connectivity index (χ1n) is 5.47. The van der Waals surface area contributed by atoms with E-state index in [2.05, 4.69) is 19.1 Å². The van der Waals surface area contributed by atoms with Crippen molar-refractivity contribution in [3.05, 3.63) is 40.5 Å². The van der Waals surface area contributed by atoms with Gasteiger partial charge in [-0.2, -0.15) is 0 Å². The van der Waals surface area contributed by atoms with E-state index in [1.54, 1.807) is 6.92 Å². The average Bonchev–Trinajstić information content (AvgIpc) is 2.16. The maximum atomic E-state index is 11.2. The number of carbonyl (C=O) groups is 1. The molecule has 0 saturated carbocycles. The highest BCUT2D eigenvalue weighted by atomic mass is 16.5. The standard InChI is InChI=1S/C14H18O2/c1-5-16-14(15)7-6-13-11(3)8-10(2)9-12(13)4/h6-9H,5H2,1-4H3/b7-6-. The average molecular weight is 218 g/mol. The van der Waals surface area contributed by atoms with Crippen molar-refractivity contribution >= 4 is 12.0 Å². The first-order chi connectivity index (χ1) is 7.54. The Morgan fingerprint density at radius 3 is 2.31 bits per heavy atom. The smallest absolute Gasteiger partial charge is 0.330 e. The maximum absolute atomic E-state index is 11.2. The first kappa shape index (κ1) is 12.5. The summed E-state index contributed by atoms with van der Waals surface area (Å²) in [5, 5.41) is 0. The third kappa shape index (κ3) is 3.23. The Kier molecular flexibility index (Phi) is 4.29. The van der Waals surface area contributed by atoms with Crippen LogP contribution in [0.2, 0.25) is 0 Å². The zero-order chi connectivity index (χ0) is 12.1. The van der Waals surface area contributed by atoms with Gasteiger partial charge in [0, 0.05) is 6.08 Å². The van der Waals surface area contributed by atoms with E-state index in [4.69, 9.17) is 4.74 Å². The molecule has 0 saturated heterocycles. The van der Waals surface area contributed by atoms with Gasteiger partial charge in [-0.15, -0.1) is 0 Å². The van der Waals surface area contributed by atoms with Gasteiger partial charge in [-0.05, 0) is 50.5 Å². The summed E-state index contributed by atoms with van der Waals surface area (Å²) in [6, 6.07) is 4.22. The van der Waals surface area contributed by atoms with E-state index in [1.165, 1.54) is 22.8 Å². The summed E-state index contributed by atoms with van der Waals surface area (Å²) in [7, 11) is 0. The van der Waals surface area contributed by atoms with Gasteiger partial charge in [0.25, 0.3) is 0 Å². The number of esters is 1. The van der Waals surface area contributed by atoms with Gasteiger partial charge in [0.15, 0.2) is 0 Å². The summed E-state index contributed by atoms with van der Waals surface area (Å²) in [6.45, 7) is 8.37. The van der Waals surface area contributed by atoms with Crippen molar-refractivity contribution in [1.82, 2.24) is 0 Å². The molecule has 0 unspecified atom stereocenters. The molecule has 0 bridgehead atoms. The summed E-state index contributed by atoms with van der Waals surface area (Å²) in [4.78, 5) is 11.2. The minimum atomic E-state index is -0.290. The van der Waals surface area contributed by atoms with Crippen LogP contribution in [0.1, 0.15) is 29.2 Å². The van der Waals surface area contributed by atoms with Crippen LogP contribution in [0.5, 0.6) is 0 Å². The molecule has 1 rings (SSSR count). The lowest BCUT2D eigenvalue weighted by atomic mass is 9.99. The lowest BCUT2D eigenvalue weighted by Gasteiger charge is -2.06. The van der Waals surface area contributed by atoms with Gasteiger partial charge >= 0.3 is 5.97 Å². The van der Waals surface area contributed by atoms with Gasteiger partial charge in [0.05, 0.1) is 6.61 Å². The zero-order valence-corrected chi connectivity index (χ0v) is 10.3. The summed E-state index contributed by atoms with van der Waals surface area (Å²) in [5.74, 6) is -0.290. The summed E-state index contributed by atoms with van der Waals surface area (Å²) >= 11 is 0. The van der Waals surface area contributed by atoms with Crippen molar-refractivity contribution in [2.24, 2.45) is 0 Å². The van der Waals surface area contributed by atoms with Gasteiger partial charge in [0.1, 0.15) is 0 Å². The minimum Gasteiger partial charge on any atom is -0.463 e. The third-order valence-electron chi connectivity index (χ3n) is 2.41. The molecule has 16 heavy (non-hydrogen) atoms. The molecule has 2 heteroatoms. The van der Waals surface area contributed by atoms with Crippen LogP contribution in [0.15, 0.2) is 18.2 Å². The number of benzene rings is 1. The molecule has 1 aromatic rings. The van der Waals surface area contributed by atoms with Gasteiger partial charge in [-0.1, -0.05) is 17.7 Å². The second-order valence-electron chi connectivity index (χ2n) is 3.90. The second-order valence-corrected chi connectivity index (χ2v) is 3.90. The van der Waals surface area contributed by atoms with E-state index in [0.29, 0.717) is 6.61 Å². The molecule has 0 heterocycles. The molecule has 1 aromatic carbocycles. The van der Waals surface area contributed by atoms with Gasteiger partial charge in [0.2, 0.25) is 0 Å². The van der Waals surface area contributed by atoms with Crippen molar-refractivity contribution in [2.45, 2.75) is 27.7 Å². The molecule has 0 N–H and O–H groups in total. The molecule has 2 nitrogen and oxygen atoms in total. The molecule has 0 atom stereocenters. The fraction of sp³-hybridized carbons (Fsp3) is 0.357. The Morgan fingerprint density at radius 2 is 1.81 bits per heavy atom. The predicted octanol–water partition coefficient (Wildman–Crippen LogP) is 3.19. The molecular weight excluding hydrogens is 200 g/mol. The summed E-state index contributed by atoms with van der Waals surface area (Å²) in [5.41, 5.74) is 4.69. The summed E-state index contributed by atoms with van der Waals surface area (Å²) in [6.07, 6.45) is 3.30. The monoisotopic (exact) mass is 218 g/mol. The lowest BCUT2D eigenvalue weighted by molar-refractivity contribution is -0.137. The van der Waals surface area contributed by atoms with Crippen LogP contribution < -0.4 is 0 Å². The van der Waals surface area contributed by atoms with Crippen molar-refractivity contribution < 1.29 is 9.53 Å². The number of hydrogen-bond acceptors (Lipinski definition) is 2. The Hall–Kier alpha value is -1.57. The number of aryl methyl sites for hydroxylation is 3. The molecular formula is C14H18O2. The molecule has 0 amide bonds. The van der Waals surface area contributed by atoms with Crippen LogP contribution in [-0.4, -0.2) is 12.6 Å². The van der Waals surface area contributed by atoms with Crippen LogP contribution in [-0.2, 0) is 9.53 Å². The van der Waals surface area contributed by atoms with Crippen molar-refractivity contribution in [3.63, 3.8) is 0 Å². The quantitative estimate of drug-likeness (QED) is 0.575. The zero-order valence-electron chi connectivity index (χ0n) is 10.3. The minimum absolute atomic E-state index is 0.290.